The van der Waals surface area contributed by atoms with Gasteiger partial charge in [-0.05, 0) is 56.7 Å². The normalized spacial score (nSPS) is 12.2. The lowest BCUT2D eigenvalue weighted by molar-refractivity contribution is 0.394. The van der Waals surface area contributed by atoms with Gasteiger partial charge in [-0.1, -0.05) is 28.4 Å². The van der Waals surface area contributed by atoms with Crippen LogP contribution in [0.5, 0.6) is 0 Å². The number of hydrogen-bond donors (Lipinski definition) is 0. The number of aromatic nitrogens is 2. The molecule has 0 fully saturated rings. The van der Waals surface area contributed by atoms with Crippen LogP contribution < -0.4 is 0 Å². The number of nitriles is 1. The van der Waals surface area contributed by atoms with Crippen molar-refractivity contribution in [3.8, 4) is 11.9 Å². The fourth-order valence-electron chi connectivity index (χ4n) is 2.86. The molecule has 1 aromatic carbocycles. The molecular formula is C19H15Cl2N3O3S. The maximum Gasteiger partial charge on any atom is 0.218 e. The van der Waals surface area contributed by atoms with Crippen molar-refractivity contribution in [2.45, 2.75) is 25.7 Å². The molecule has 0 saturated heterocycles. The van der Waals surface area contributed by atoms with Gasteiger partial charge in [-0.25, -0.2) is 8.42 Å². The van der Waals surface area contributed by atoms with E-state index in [1.165, 1.54) is 24.3 Å². The predicted molar refractivity (Wildman–Crippen MR) is 107 cm³/mol. The first-order chi connectivity index (χ1) is 13.1. The monoisotopic (exact) mass is 435 g/mol. The van der Waals surface area contributed by atoms with E-state index in [4.69, 9.17) is 27.7 Å². The van der Waals surface area contributed by atoms with E-state index < -0.39 is 14.7 Å². The first kappa shape index (κ1) is 20.2. The van der Waals surface area contributed by atoms with Gasteiger partial charge >= 0.3 is 0 Å². The zero-order valence-electron chi connectivity index (χ0n) is 15.2. The van der Waals surface area contributed by atoms with Crippen LogP contribution in [-0.2, 0) is 9.84 Å². The Labute approximate surface area is 172 Å². The molecule has 6 nitrogen and oxygen atoms in total. The van der Waals surface area contributed by atoms with E-state index in [1.807, 2.05) is 11.5 Å². The maximum atomic E-state index is 12.9. The second-order valence-corrected chi connectivity index (χ2v) is 8.89. The summed E-state index contributed by atoms with van der Waals surface area (Å²) in [6.45, 7) is 5.43. The Balaban J connectivity index is 2.14. The molecule has 0 aliphatic rings. The SMILES string of the molecule is Cc1cc(-n2c(C)cc(/C=C(\C#N)S(=O)(=O)c3cc(Cl)ccc3Cl)c2C)no1. The number of aryl methyl sites for hydroxylation is 2. The molecule has 3 aromatic rings. The second-order valence-electron chi connectivity index (χ2n) is 6.16. The standard InChI is InChI=1S/C19H15Cl2N3O3S/c1-11-6-14(13(3)24(11)19-7-12(2)27-23-19)8-16(10-22)28(25,26)18-9-15(20)4-5-17(18)21/h4-9H,1-3H3/b16-8+. The molecular weight excluding hydrogens is 421 g/mol. The number of rotatable bonds is 4. The Morgan fingerprint density at radius 3 is 2.54 bits per heavy atom. The van der Waals surface area contributed by atoms with Gasteiger partial charge in [0, 0.05) is 22.5 Å². The third-order valence-electron chi connectivity index (χ3n) is 4.18. The average molecular weight is 436 g/mol. The van der Waals surface area contributed by atoms with E-state index in [0.717, 1.165) is 5.69 Å². The zero-order valence-corrected chi connectivity index (χ0v) is 17.5. The second kappa shape index (κ2) is 7.47. The van der Waals surface area contributed by atoms with E-state index in [9.17, 15) is 13.7 Å². The van der Waals surface area contributed by atoms with Crippen LogP contribution in [0, 0.1) is 32.1 Å². The molecule has 0 amide bonds. The summed E-state index contributed by atoms with van der Waals surface area (Å²) >= 11 is 11.9. The number of nitrogens with zero attached hydrogens (tertiary/aromatic N) is 3. The highest BCUT2D eigenvalue weighted by molar-refractivity contribution is 7.95. The van der Waals surface area contributed by atoms with Gasteiger partial charge in [-0.2, -0.15) is 5.26 Å². The largest absolute Gasteiger partial charge is 0.360 e. The molecule has 0 saturated carbocycles. The summed E-state index contributed by atoms with van der Waals surface area (Å²) in [5.41, 5.74) is 2.09. The molecule has 0 aliphatic carbocycles. The number of sulfone groups is 1. The van der Waals surface area contributed by atoms with Crippen LogP contribution in [0.4, 0.5) is 0 Å². The fourth-order valence-corrected chi connectivity index (χ4v) is 4.76. The summed E-state index contributed by atoms with van der Waals surface area (Å²) in [4.78, 5) is -0.649. The van der Waals surface area contributed by atoms with E-state index in [2.05, 4.69) is 5.16 Å². The van der Waals surface area contributed by atoms with Crippen LogP contribution in [0.1, 0.15) is 22.7 Å². The minimum atomic E-state index is -4.14. The average Bonchev–Trinajstić information content (AvgIpc) is 3.17. The lowest BCUT2D eigenvalue weighted by Crippen LogP contribution is -2.05. The van der Waals surface area contributed by atoms with E-state index in [1.54, 1.807) is 32.0 Å². The van der Waals surface area contributed by atoms with Gasteiger partial charge in [0.1, 0.15) is 16.7 Å². The van der Waals surface area contributed by atoms with E-state index in [0.29, 0.717) is 22.8 Å². The molecule has 0 aliphatic heterocycles. The Bertz CT molecular complexity index is 1250. The summed E-state index contributed by atoms with van der Waals surface area (Å²) in [7, 11) is -4.14. The lowest BCUT2D eigenvalue weighted by Gasteiger charge is -2.07. The number of allylic oxidation sites excluding steroid dienone is 1. The molecule has 0 N–H and O–H groups in total. The highest BCUT2D eigenvalue weighted by atomic mass is 35.5. The van der Waals surface area contributed by atoms with Crippen LogP contribution in [0.15, 0.2) is 44.7 Å². The van der Waals surface area contributed by atoms with E-state index in [-0.39, 0.29) is 14.9 Å². The van der Waals surface area contributed by atoms with Crippen molar-refractivity contribution in [3.05, 3.63) is 68.0 Å². The Morgan fingerprint density at radius 2 is 1.93 bits per heavy atom. The molecule has 28 heavy (non-hydrogen) atoms. The van der Waals surface area contributed by atoms with Crippen molar-refractivity contribution in [1.29, 1.82) is 5.26 Å². The van der Waals surface area contributed by atoms with Gasteiger partial charge in [0.15, 0.2) is 5.82 Å². The highest BCUT2D eigenvalue weighted by Crippen LogP contribution is 2.31. The van der Waals surface area contributed by atoms with Crippen molar-refractivity contribution in [1.82, 2.24) is 9.72 Å². The third kappa shape index (κ3) is 3.59. The highest BCUT2D eigenvalue weighted by Gasteiger charge is 2.25. The van der Waals surface area contributed by atoms with Gasteiger partial charge in [0.25, 0.3) is 0 Å². The first-order valence-corrected chi connectivity index (χ1v) is 10.3. The van der Waals surface area contributed by atoms with Crippen molar-refractivity contribution < 1.29 is 12.9 Å². The predicted octanol–water partition coefficient (Wildman–Crippen LogP) is 5.04. The van der Waals surface area contributed by atoms with Crippen LogP contribution in [0.25, 0.3) is 11.9 Å². The Kier molecular flexibility index (Phi) is 5.39. The van der Waals surface area contributed by atoms with Gasteiger partial charge in [0.2, 0.25) is 9.84 Å². The Hall–Kier alpha value is -2.53. The summed E-state index contributed by atoms with van der Waals surface area (Å²) in [6, 6.07) is 9.38. The summed E-state index contributed by atoms with van der Waals surface area (Å²) in [5, 5.41) is 13.7. The van der Waals surface area contributed by atoms with Crippen molar-refractivity contribution in [2.75, 3.05) is 0 Å². The molecule has 144 valence electrons. The van der Waals surface area contributed by atoms with Crippen molar-refractivity contribution >= 4 is 39.1 Å². The molecule has 9 heteroatoms. The molecule has 2 heterocycles. The smallest absolute Gasteiger partial charge is 0.218 e. The van der Waals surface area contributed by atoms with Crippen molar-refractivity contribution in [3.63, 3.8) is 0 Å². The van der Waals surface area contributed by atoms with E-state index >= 15 is 0 Å². The van der Waals surface area contributed by atoms with Gasteiger partial charge in [0.05, 0.1) is 9.92 Å². The number of hydrogen-bond acceptors (Lipinski definition) is 5. The van der Waals surface area contributed by atoms with Gasteiger partial charge < -0.3 is 4.52 Å². The Morgan fingerprint density at radius 1 is 1.21 bits per heavy atom. The van der Waals surface area contributed by atoms with Crippen molar-refractivity contribution in [2.24, 2.45) is 0 Å². The topological polar surface area (TPSA) is 88.9 Å². The maximum absolute atomic E-state index is 12.9. The first-order valence-electron chi connectivity index (χ1n) is 8.09. The molecule has 0 spiro atoms. The summed E-state index contributed by atoms with van der Waals surface area (Å²) in [5.74, 6) is 1.22. The number of benzene rings is 1. The minimum Gasteiger partial charge on any atom is -0.360 e. The van der Waals surface area contributed by atoms with Gasteiger partial charge in [-0.3, -0.25) is 4.57 Å². The summed E-state index contributed by atoms with van der Waals surface area (Å²) < 4.78 is 32.8. The molecule has 2 aromatic heterocycles. The van der Waals surface area contributed by atoms with Crippen LogP contribution in [0.2, 0.25) is 10.0 Å². The molecule has 0 atom stereocenters. The zero-order chi connectivity index (χ0) is 20.6. The van der Waals surface area contributed by atoms with Gasteiger partial charge in [-0.15, -0.1) is 0 Å². The van der Waals surface area contributed by atoms with Crippen LogP contribution in [-0.4, -0.2) is 18.1 Å². The quantitative estimate of drug-likeness (QED) is 0.535. The molecule has 3 rings (SSSR count). The lowest BCUT2D eigenvalue weighted by atomic mass is 10.2. The molecule has 0 radical (unpaired) electrons. The molecule has 0 bridgehead atoms. The minimum absolute atomic E-state index is 0.00547. The van der Waals surface area contributed by atoms with Crippen LogP contribution >= 0.6 is 23.2 Å². The third-order valence-corrected chi connectivity index (χ3v) is 6.57. The van der Waals surface area contributed by atoms with Crippen LogP contribution in [0.3, 0.4) is 0 Å². The fraction of sp³-hybridized carbons (Fsp3) is 0.158. The molecule has 0 unspecified atom stereocenters. The summed E-state index contributed by atoms with van der Waals surface area (Å²) in [6.07, 6.45) is 1.32. The number of halogens is 2.